The molecule has 1 atom stereocenters. The molecule has 1 fully saturated rings. The van der Waals surface area contributed by atoms with Crippen molar-refractivity contribution < 1.29 is 4.39 Å². The standard InChI is InChI=1S/C18H24ClFN4S/c1-23(2)18-22-17(19)16(25-18)10-21-14-7-5-9-24(12-14)11-13-6-3-4-8-15(13)20/h3-4,6,8,14,21H,5,7,9-12H2,1-2H3. The number of hydrogen-bond acceptors (Lipinski definition) is 5. The molecule has 2 aromatic rings. The van der Waals surface area contributed by atoms with Crippen LogP contribution in [0.1, 0.15) is 23.3 Å². The highest BCUT2D eigenvalue weighted by molar-refractivity contribution is 7.16. The van der Waals surface area contributed by atoms with E-state index in [1.807, 2.05) is 31.1 Å². The smallest absolute Gasteiger partial charge is 0.186 e. The summed E-state index contributed by atoms with van der Waals surface area (Å²) in [5.41, 5.74) is 0.768. The van der Waals surface area contributed by atoms with Crippen molar-refractivity contribution >= 4 is 28.1 Å². The van der Waals surface area contributed by atoms with Crippen molar-refractivity contribution in [1.82, 2.24) is 15.2 Å². The molecular formula is C18H24ClFN4S. The highest BCUT2D eigenvalue weighted by Gasteiger charge is 2.21. The van der Waals surface area contributed by atoms with Gasteiger partial charge in [-0.1, -0.05) is 41.1 Å². The van der Waals surface area contributed by atoms with Crippen LogP contribution in [0.5, 0.6) is 0 Å². The number of anilines is 1. The van der Waals surface area contributed by atoms with Crippen molar-refractivity contribution in [2.75, 3.05) is 32.1 Å². The van der Waals surface area contributed by atoms with Crippen LogP contribution in [-0.4, -0.2) is 43.1 Å². The van der Waals surface area contributed by atoms with Crippen LogP contribution in [0.3, 0.4) is 0 Å². The number of piperidine rings is 1. The molecule has 4 nitrogen and oxygen atoms in total. The zero-order valence-electron chi connectivity index (χ0n) is 14.6. The van der Waals surface area contributed by atoms with Crippen LogP contribution in [0.15, 0.2) is 24.3 Å². The quantitative estimate of drug-likeness (QED) is 0.824. The maximum absolute atomic E-state index is 13.9. The van der Waals surface area contributed by atoms with E-state index in [4.69, 9.17) is 11.6 Å². The fraction of sp³-hybridized carbons (Fsp3) is 0.500. The molecule has 1 unspecified atom stereocenters. The Morgan fingerprint density at radius 3 is 2.92 bits per heavy atom. The van der Waals surface area contributed by atoms with Crippen LogP contribution in [0.25, 0.3) is 0 Å². The second kappa shape index (κ2) is 8.45. The fourth-order valence-corrected chi connectivity index (χ4v) is 4.23. The number of hydrogen-bond donors (Lipinski definition) is 1. The molecule has 0 saturated carbocycles. The van der Waals surface area contributed by atoms with Gasteiger partial charge in [0.2, 0.25) is 0 Å². The second-order valence-electron chi connectivity index (χ2n) is 6.65. The summed E-state index contributed by atoms with van der Waals surface area (Å²) in [7, 11) is 3.93. The minimum atomic E-state index is -0.120. The average Bonchev–Trinajstić information content (AvgIpc) is 2.97. The summed E-state index contributed by atoms with van der Waals surface area (Å²) >= 11 is 7.86. The summed E-state index contributed by atoms with van der Waals surface area (Å²) in [6.45, 7) is 3.32. The third kappa shape index (κ3) is 4.91. The van der Waals surface area contributed by atoms with Crippen molar-refractivity contribution in [1.29, 1.82) is 0 Å². The molecule has 25 heavy (non-hydrogen) atoms. The normalized spacial score (nSPS) is 18.5. The van der Waals surface area contributed by atoms with Gasteiger partial charge in [0.15, 0.2) is 5.13 Å². The first-order valence-electron chi connectivity index (χ1n) is 8.54. The first kappa shape index (κ1) is 18.6. The van der Waals surface area contributed by atoms with Gasteiger partial charge in [0.05, 0.1) is 4.88 Å². The van der Waals surface area contributed by atoms with Gasteiger partial charge in [-0.05, 0) is 25.5 Å². The molecule has 0 amide bonds. The number of nitrogens with zero attached hydrogens (tertiary/aromatic N) is 3. The van der Waals surface area contributed by atoms with Crippen molar-refractivity contribution in [2.24, 2.45) is 0 Å². The Labute approximate surface area is 157 Å². The van der Waals surface area contributed by atoms with Gasteiger partial charge in [-0.15, -0.1) is 0 Å². The lowest BCUT2D eigenvalue weighted by atomic mass is 10.0. The Morgan fingerprint density at radius 2 is 2.20 bits per heavy atom. The number of nitrogens with one attached hydrogen (secondary N) is 1. The van der Waals surface area contributed by atoms with Crippen LogP contribution in [0, 0.1) is 5.82 Å². The predicted molar refractivity (Wildman–Crippen MR) is 103 cm³/mol. The average molecular weight is 383 g/mol. The van der Waals surface area contributed by atoms with Gasteiger partial charge in [0, 0.05) is 45.3 Å². The number of halogens is 2. The monoisotopic (exact) mass is 382 g/mol. The van der Waals surface area contributed by atoms with Gasteiger partial charge >= 0.3 is 0 Å². The van der Waals surface area contributed by atoms with E-state index in [0.29, 0.717) is 17.7 Å². The maximum atomic E-state index is 13.9. The fourth-order valence-electron chi connectivity index (χ4n) is 3.09. The molecule has 0 bridgehead atoms. The van der Waals surface area contributed by atoms with E-state index in [0.717, 1.165) is 48.0 Å². The van der Waals surface area contributed by atoms with Crippen LogP contribution in [0.2, 0.25) is 5.15 Å². The maximum Gasteiger partial charge on any atom is 0.186 e. The van der Waals surface area contributed by atoms with Gasteiger partial charge in [-0.2, -0.15) is 0 Å². The molecule has 2 heterocycles. The summed E-state index contributed by atoms with van der Waals surface area (Å²) < 4.78 is 13.9. The van der Waals surface area contributed by atoms with Gasteiger partial charge in [0.25, 0.3) is 0 Å². The molecule has 0 spiro atoms. The molecule has 1 aliphatic heterocycles. The Bertz CT molecular complexity index is 706. The van der Waals surface area contributed by atoms with Gasteiger partial charge < -0.3 is 10.2 Å². The van der Waals surface area contributed by atoms with Crippen LogP contribution >= 0.6 is 22.9 Å². The molecule has 0 radical (unpaired) electrons. The molecule has 1 aromatic carbocycles. The summed E-state index contributed by atoms with van der Waals surface area (Å²) in [5.74, 6) is -0.120. The first-order chi connectivity index (χ1) is 12.0. The van der Waals surface area contributed by atoms with E-state index in [1.165, 1.54) is 6.07 Å². The minimum absolute atomic E-state index is 0.120. The van der Waals surface area contributed by atoms with Crippen LogP contribution < -0.4 is 10.2 Å². The van der Waals surface area contributed by atoms with Crippen LogP contribution in [-0.2, 0) is 13.1 Å². The summed E-state index contributed by atoms with van der Waals surface area (Å²) in [5, 5.41) is 5.10. The Hall–Kier alpha value is -1.21. The SMILES string of the molecule is CN(C)c1nc(Cl)c(CNC2CCCN(Cc3ccccc3F)C2)s1. The molecule has 0 aliphatic carbocycles. The van der Waals surface area contributed by atoms with Gasteiger partial charge in [0.1, 0.15) is 11.0 Å². The zero-order chi connectivity index (χ0) is 17.8. The number of rotatable bonds is 6. The molecular weight excluding hydrogens is 359 g/mol. The van der Waals surface area contributed by atoms with E-state index < -0.39 is 0 Å². The van der Waals surface area contributed by atoms with E-state index in [2.05, 4.69) is 15.2 Å². The summed E-state index contributed by atoms with van der Waals surface area (Å²) in [6.07, 6.45) is 2.25. The van der Waals surface area contributed by atoms with Crippen molar-refractivity contribution in [2.45, 2.75) is 32.0 Å². The van der Waals surface area contributed by atoms with Crippen molar-refractivity contribution in [3.63, 3.8) is 0 Å². The number of aromatic nitrogens is 1. The van der Waals surface area contributed by atoms with Crippen LogP contribution in [0.4, 0.5) is 9.52 Å². The van der Waals surface area contributed by atoms with Crippen molar-refractivity contribution in [3.8, 4) is 0 Å². The van der Waals surface area contributed by atoms with Gasteiger partial charge in [-0.25, -0.2) is 9.37 Å². The first-order valence-corrected chi connectivity index (χ1v) is 9.74. The van der Waals surface area contributed by atoms with Crippen molar-refractivity contribution in [3.05, 3.63) is 45.7 Å². The minimum Gasteiger partial charge on any atom is -0.354 e. The lowest BCUT2D eigenvalue weighted by molar-refractivity contribution is 0.181. The highest BCUT2D eigenvalue weighted by atomic mass is 35.5. The van der Waals surface area contributed by atoms with Gasteiger partial charge in [-0.3, -0.25) is 4.90 Å². The lowest BCUT2D eigenvalue weighted by Gasteiger charge is -2.33. The second-order valence-corrected chi connectivity index (χ2v) is 8.07. The Morgan fingerprint density at radius 1 is 1.40 bits per heavy atom. The number of thiazole rings is 1. The number of benzene rings is 1. The highest BCUT2D eigenvalue weighted by Crippen LogP contribution is 2.28. The third-order valence-corrected chi connectivity index (χ3v) is 6.08. The molecule has 3 rings (SSSR count). The molecule has 7 heteroatoms. The zero-order valence-corrected chi connectivity index (χ0v) is 16.2. The molecule has 1 N–H and O–H groups in total. The Kier molecular flexibility index (Phi) is 6.28. The van der Waals surface area contributed by atoms with E-state index in [9.17, 15) is 4.39 Å². The topological polar surface area (TPSA) is 31.4 Å². The molecule has 1 aromatic heterocycles. The summed E-state index contributed by atoms with van der Waals surface area (Å²) in [4.78, 5) is 9.73. The molecule has 1 aliphatic rings. The lowest BCUT2D eigenvalue weighted by Crippen LogP contribution is -2.45. The Balaban J connectivity index is 1.54. The predicted octanol–water partition coefficient (Wildman–Crippen LogP) is 3.76. The van der Waals surface area contributed by atoms with E-state index >= 15 is 0 Å². The largest absolute Gasteiger partial charge is 0.354 e. The molecule has 1 saturated heterocycles. The van der Waals surface area contributed by atoms with E-state index in [1.54, 1.807) is 17.4 Å². The summed E-state index contributed by atoms with van der Waals surface area (Å²) in [6, 6.07) is 7.42. The van der Waals surface area contributed by atoms with E-state index in [-0.39, 0.29) is 5.82 Å². The molecule has 136 valence electrons. The third-order valence-electron chi connectivity index (χ3n) is 4.43. The number of likely N-dealkylation sites (tertiary alicyclic amines) is 1.